The quantitative estimate of drug-likeness (QED) is 0.696. The Morgan fingerprint density at radius 2 is 2.09 bits per heavy atom. The Bertz CT molecular complexity index is 1080. The van der Waals surface area contributed by atoms with E-state index >= 15 is 0 Å². The maximum atomic E-state index is 12.9. The van der Waals surface area contributed by atoms with Gasteiger partial charge in [0.1, 0.15) is 17.4 Å². The standard InChI is InChI=1S/C25H30N4O3/c1-16-19-8-9-22(30)29(14-17-6-4-7-18(12-17)32-3)23(19)27-21(26-16)15-28(2)24(31)20-13-25(20)10-5-11-25/h4,6-7,12,20H,5,8-11,13-15H2,1-3H3/t20-/m0/s1. The summed E-state index contributed by atoms with van der Waals surface area (Å²) in [4.78, 5) is 38.7. The molecule has 1 atom stereocenters. The number of methoxy groups -OCH3 is 1. The first kappa shape index (κ1) is 20.9. The maximum absolute atomic E-state index is 12.9. The number of hydrogen-bond acceptors (Lipinski definition) is 5. The van der Waals surface area contributed by atoms with Crippen molar-refractivity contribution in [1.82, 2.24) is 14.9 Å². The largest absolute Gasteiger partial charge is 0.497 e. The molecule has 0 saturated heterocycles. The number of benzene rings is 1. The lowest BCUT2D eigenvalue weighted by atomic mass is 9.79. The zero-order chi connectivity index (χ0) is 22.5. The fourth-order valence-electron chi connectivity index (χ4n) is 5.26. The van der Waals surface area contributed by atoms with Crippen molar-refractivity contribution in [3.8, 4) is 5.75 Å². The van der Waals surface area contributed by atoms with Gasteiger partial charge in [-0.25, -0.2) is 9.97 Å². The fraction of sp³-hybridized carbons (Fsp3) is 0.520. The van der Waals surface area contributed by atoms with E-state index in [4.69, 9.17) is 14.7 Å². The number of fused-ring (bicyclic) bond motifs is 1. The van der Waals surface area contributed by atoms with E-state index in [0.717, 1.165) is 29.0 Å². The third-order valence-corrected chi connectivity index (χ3v) is 7.45. The van der Waals surface area contributed by atoms with Gasteiger partial charge in [-0.2, -0.15) is 0 Å². The molecule has 1 aliphatic heterocycles. The van der Waals surface area contributed by atoms with Gasteiger partial charge in [-0.1, -0.05) is 18.6 Å². The van der Waals surface area contributed by atoms with Crippen molar-refractivity contribution >= 4 is 17.6 Å². The molecule has 0 radical (unpaired) electrons. The Morgan fingerprint density at radius 3 is 2.78 bits per heavy atom. The molecule has 7 heteroatoms. The van der Waals surface area contributed by atoms with E-state index in [1.165, 1.54) is 19.3 Å². The van der Waals surface area contributed by atoms with Crippen molar-refractivity contribution in [3.63, 3.8) is 0 Å². The van der Waals surface area contributed by atoms with Crippen LogP contribution in [0.3, 0.4) is 0 Å². The monoisotopic (exact) mass is 434 g/mol. The lowest BCUT2D eigenvalue weighted by Gasteiger charge is -2.30. The molecule has 0 N–H and O–H groups in total. The van der Waals surface area contributed by atoms with Crippen molar-refractivity contribution in [2.75, 3.05) is 19.1 Å². The van der Waals surface area contributed by atoms with Gasteiger partial charge in [-0.05, 0) is 55.7 Å². The molecule has 2 amide bonds. The summed E-state index contributed by atoms with van der Waals surface area (Å²) in [5.74, 6) is 2.45. The molecule has 5 rings (SSSR count). The van der Waals surface area contributed by atoms with E-state index in [1.54, 1.807) is 16.9 Å². The zero-order valence-electron chi connectivity index (χ0n) is 19.1. The lowest BCUT2D eigenvalue weighted by molar-refractivity contribution is -0.133. The summed E-state index contributed by atoms with van der Waals surface area (Å²) in [7, 11) is 3.47. The zero-order valence-corrected chi connectivity index (χ0v) is 19.1. The van der Waals surface area contributed by atoms with Crippen LogP contribution in [0.5, 0.6) is 5.75 Å². The molecule has 1 aromatic carbocycles. The van der Waals surface area contributed by atoms with E-state index in [9.17, 15) is 9.59 Å². The first-order valence-corrected chi connectivity index (χ1v) is 11.4. The number of carbonyl (C=O) groups is 2. The number of nitrogens with zero attached hydrogens (tertiary/aromatic N) is 4. The molecule has 1 aromatic heterocycles. The van der Waals surface area contributed by atoms with Gasteiger partial charge in [0, 0.05) is 30.6 Å². The SMILES string of the molecule is COc1cccc(CN2C(=O)CCc3c(C)nc(CN(C)C(=O)[C@@H]4CC45CCC5)nc32)c1. The summed E-state index contributed by atoms with van der Waals surface area (Å²) in [6, 6.07) is 7.74. The van der Waals surface area contributed by atoms with Gasteiger partial charge >= 0.3 is 0 Å². The number of anilines is 1. The first-order chi connectivity index (χ1) is 15.4. The van der Waals surface area contributed by atoms with Crippen LogP contribution in [-0.2, 0) is 29.1 Å². The summed E-state index contributed by atoms with van der Waals surface area (Å²) in [6.45, 7) is 2.76. The van der Waals surface area contributed by atoms with Gasteiger partial charge in [0.25, 0.3) is 0 Å². The third kappa shape index (κ3) is 3.63. The molecule has 168 valence electrons. The number of aryl methyl sites for hydroxylation is 1. The minimum atomic E-state index is 0.0544. The van der Waals surface area contributed by atoms with E-state index in [0.29, 0.717) is 43.0 Å². The number of aromatic nitrogens is 2. The van der Waals surface area contributed by atoms with Crippen LogP contribution in [0.15, 0.2) is 24.3 Å². The van der Waals surface area contributed by atoms with Gasteiger partial charge in [-0.15, -0.1) is 0 Å². The average molecular weight is 435 g/mol. The second-order valence-corrected chi connectivity index (χ2v) is 9.53. The minimum Gasteiger partial charge on any atom is -0.497 e. The number of amides is 2. The van der Waals surface area contributed by atoms with Crippen molar-refractivity contribution in [2.24, 2.45) is 11.3 Å². The first-order valence-electron chi connectivity index (χ1n) is 11.4. The Hall–Kier alpha value is -2.96. The van der Waals surface area contributed by atoms with E-state index < -0.39 is 0 Å². The number of rotatable bonds is 6. The fourth-order valence-corrected chi connectivity index (χ4v) is 5.26. The van der Waals surface area contributed by atoms with Crippen LogP contribution in [0.4, 0.5) is 5.82 Å². The second kappa shape index (κ2) is 7.87. The van der Waals surface area contributed by atoms with E-state index in [2.05, 4.69) is 0 Å². The molecule has 2 fully saturated rings. The lowest BCUT2D eigenvalue weighted by Crippen LogP contribution is -2.37. The van der Waals surface area contributed by atoms with Crippen LogP contribution >= 0.6 is 0 Å². The highest BCUT2D eigenvalue weighted by molar-refractivity contribution is 5.95. The molecule has 2 aliphatic carbocycles. The molecular formula is C25H30N4O3. The molecule has 0 unspecified atom stereocenters. The van der Waals surface area contributed by atoms with Crippen LogP contribution in [0.2, 0.25) is 0 Å². The highest BCUT2D eigenvalue weighted by atomic mass is 16.5. The van der Waals surface area contributed by atoms with Gasteiger partial charge in [-0.3, -0.25) is 14.5 Å². The summed E-state index contributed by atoms with van der Waals surface area (Å²) < 4.78 is 5.33. The number of ether oxygens (including phenoxy) is 1. The molecule has 1 spiro atoms. The molecular weight excluding hydrogens is 404 g/mol. The molecule has 2 saturated carbocycles. The van der Waals surface area contributed by atoms with Crippen LogP contribution in [0.25, 0.3) is 0 Å². The summed E-state index contributed by atoms with van der Waals surface area (Å²) in [6.07, 6.45) is 5.75. The van der Waals surface area contributed by atoms with Crippen molar-refractivity contribution in [1.29, 1.82) is 0 Å². The Labute approximate surface area is 188 Å². The minimum absolute atomic E-state index is 0.0544. The maximum Gasteiger partial charge on any atom is 0.228 e. The van der Waals surface area contributed by atoms with Crippen molar-refractivity contribution in [2.45, 2.75) is 58.5 Å². The number of hydrogen-bond donors (Lipinski definition) is 0. The molecule has 32 heavy (non-hydrogen) atoms. The smallest absolute Gasteiger partial charge is 0.228 e. The van der Waals surface area contributed by atoms with Crippen LogP contribution in [0, 0.1) is 18.3 Å². The molecule has 0 bridgehead atoms. The van der Waals surface area contributed by atoms with Gasteiger partial charge in [0.15, 0.2) is 0 Å². The van der Waals surface area contributed by atoms with Gasteiger partial charge in [0.2, 0.25) is 11.8 Å². The van der Waals surface area contributed by atoms with E-state index in [-0.39, 0.29) is 17.7 Å². The number of carbonyl (C=O) groups excluding carboxylic acids is 2. The van der Waals surface area contributed by atoms with Crippen LogP contribution in [0.1, 0.15) is 54.7 Å². The Balaban J connectivity index is 1.38. The summed E-state index contributed by atoms with van der Waals surface area (Å²) in [5, 5.41) is 0. The normalized spacial score (nSPS) is 20.5. The highest BCUT2D eigenvalue weighted by Crippen LogP contribution is 2.65. The van der Waals surface area contributed by atoms with Gasteiger partial charge < -0.3 is 9.64 Å². The molecule has 2 heterocycles. The van der Waals surface area contributed by atoms with Crippen LogP contribution in [-0.4, -0.2) is 40.8 Å². The van der Waals surface area contributed by atoms with Crippen LogP contribution < -0.4 is 9.64 Å². The van der Waals surface area contributed by atoms with Gasteiger partial charge in [0.05, 0.1) is 20.2 Å². The predicted octanol–water partition coefficient (Wildman–Crippen LogP) is 3.42. The van der Waals surface area contributed by atoms with Crippen molar-refractivity contribution in [3.05, 3.63) is 46.9 Å². The Morgan fingerprint density at radius 1 is 1.28 bits per heavy atom. The third-order valence-electron chi connectivity index (χ3n) is 7.45. The predicted molar refractivity (Wildman–Crippen MR) is 120 cm³/mol. The Kier molecular flexibility index (Phi) is 5.14. The molecule has 3 aliphatic rings. The topological polar surface area (TPSA) is 75.6 Å². The second-order valence-electron chi connectivity index (χ2n) is 9.53. The summed E-state index contributed by atoms with van der Waals surface area (Å²) >= 11 is 0. The summed E-state index contributed by atoms with van der Waals surface area (Å²) in [5.41, 5.74) is 3.18. The average Bonchev–Trinajstić information content (AvgIpc) is 3.52. The highest BCUT2D eigenvalue weighted by Gasteiger charge is 2.61. The molecule has 2 aromatic rings. The van der Waals surface area contributed by atoms with E-state index in [1.807, 2.05) is 38.2 Å². The van der Waals surface area contributed by atoms with Crippen molar-refractivity contribution < 1.29 is 14.3 Å². The molecule has 7 nitrogen and oxygen atoms in total.